The zero-order valence-electron chi connectivity index (χ0n) is 11.9. The number of nitrogens with one attached hydrogen (secondary N) is 1. The van der Waals surface area contributed by atoms with E-state index in [1.165, 1.54) is 4.90 Å². The molecule has 1 aromatic heterocycles. The van der Waals surface area contributed by atoms with Gasteiger partial charge in [-0.2, -0.15) is 0 Å². The van der Waals surface area contributed by atoms with Crippen molar-refractivity contribution in [1.82, 2.24) is 15.2 Å². The lowest BCUT2D eigenvalue weighted by Crippen LogP contribution is -2.47. The molecule has 0 aliphatic carbocycles. The molecule has 1 N–H and O–H groups in total. The Bertz CT molecular complexity index is 430. The fourth-order valence-corrected chi connectivity index (χ4v) is 1.73. The van der Waals surface area contributed by atoms with Crippen LogP contribution in [0.15, 0.2) is 24.4 Å². The lowest BCUT2D eigenvalue weighted by molar-refractivity contribution is -0.131. The number of pyridine rings is 1. The second-order valence-electron chi connectivity index (χ2n) is 5.10. The molecule has 0 aliphatic rings. The average molecular weight is 263 g/mol. The highest BCUT2D eigenvalue weighted by molar-refractivity contribution is 5.95. The predicted octanol–water partition coefficient (Wildman–Crippen LogP) is 1.31. The van der Waals surface area contributed by atoms with Crippen LogP contribution in [0.5, 0.6) is 0 Å². The van der Waals surface area contributed by atoms with Gasteiger partial charge in [0.1, 0.15) is 11.7 Å². The van der Waals surface area contributed by atoms with Crippen LogP contribution >= 0.6 is 0 Å². The molecular formula is C14H21N3O2. The second-order valence-corrected chi connectivity index (χ2v) is 5.10. The molecule has 104 valence electrons. The monoisotopic (exact) mass is 263 g/mol. The molecular weight excluding hydrogens is 242 g/mol. The summed E-state index contributed by atoms with van der Waals surface area (Å²) in [7, 11) is 3.37. The number of likely N-dealkylation sites (N-methyl/N-ethyl adjacent to an activating group) is 1. The van der Waals surface area contributed by atoms with E-state index in [-0.39, 0.29) is 11.8 Å². The van der Waals surface area contributed by atoms with Gasteiger partial charge in [-0.25, -0.2) is 0 Å². The van der Waals surface area contributed by atoms with Crippen molar-refractivity contribution in [1.29, 1.82) is 0 Å². The van der Waals surface area contributed by atoms with Crippen molar-refractivity contribution >= 4 is 11.8 Å². The van der Waals surface area contributed by atoms with Gasteiger partial charge in [0, 0.05) is 20.3 Å². The van der Waals surface area contributed by atoms with E-state index in [1.807, 2.05) is 13.8 Å². The normalized spacial score (nSPS) is 12.1. The van der Waals surface area contributed by atoms with Gasteiger partial charge in [0.2, 0.25) is 5.91 Å². The van der Waals surface area contributed by atoms with Crippen LogP contribution in [0.1, 0.15) is 30.8 Å². The average Bonchev–Trinajstić information content (AvgIpc) is 2.37. The van der Waals surface area contributed by atoms with Gasteiger partial charge in [-0.3, -0.25) is 14.6 Å². The van der Waals surface area contributed by atoms with E-state index in [9.17, 15) is 9.59 Å². The zero-order chi connectivity index (χ0) is 14.4. The first-order chi connectivity index (χ1) is 8.91. The van der Waals surface area contributed by atoms with Crippen LogP contribution in [0.2, 0.25) is 0 Å². The summed E-state index contributed by atoms with van der Waals surface area (Å²) in [6.45, 7) is 4.03. The lowest BCUT2D eigenvalue weighted by atomic mass is 10.0. The fraction of sp³-hybridized carbons (Fsp3) is 0.500. The SMILES string of the molecule is CC(C)CC(NC(=O)c1ccccn1)C(=O)N(C)C. The summed E-state index contributed by atoms with van der Waals surface area (Å²) in [5, 5.41) is 2.75. The van der Waals surface area contributed by atoms with Crippen molar-refractivity contribution in [3.05, 3.63) is 30.1 Å². The summed E-state index contributed by atoms with van der Waals surface area (Å²) in [4.78, 5) is 29.5. The third kappa shape index (κ3) is 4.69. The molecule has 1 rings (SSSR count). The molecule has 5 nitrogen and oxygen atoms in total. The first kappa shape index (κ1) is 15.1. The Hall–Kier alpha value is -1.91. The summed E-state index contributed by atoms with van der Waals surface area (Å²) in [6, 6.07) is 4.60. The number of carbonyl (C=O) groups is 2. The maximum absolute atomic E-state index is 12.0. The summed E-state index contributed by atoms with van der Waals surface area (Å²) in [6.07, 6.45) is 2.16. The smallest absolute Gasteiger partial charge is 0.270 e. The van der Waals surface area contributed by atoms with Gasteiger partial charge in [-0.15, -0.1) is 0 Å². The minimum atomic E-state index is -0.510. The summed E-state index contributed by atoms with van der Waals surface area (Å²) in [5.41, 5.74) is 0.322. The number of rotatable bonds is 5. The minimum Gasteiger partial charge on any atom is -0.347 e. The predicted molar refractivity (Wildman–Crippen MR) is 73.6 cm³/mol. The Morgan fingerprint density at radius 1 is 1.32 bits per heavy atom. The largest absolute Gasteiger partial charge is 0.347 e. The highest BCUT2D eigenvalue weighted by Gasteiger charge is 2.24. The standard InChI is InChI=1S/C14H21N3O2/c1-10(2)9-12(14(19)17(3)4)16-13(18)11-7-5-6-8-15-11/h5-8,10,12H,9H2,1-4H3,(H,16,18). The molecule has 0 radical (unpaired) electrons. The van der Waals surface area contributed by atoms with Crippen molar-refractivity contribution in [2.75, 3.05) is 14.1 Å². The number of aromatic nitrogens is 1. The molecule has 1 atom stereocenters. The topological polar surface area (TPSA) is 62.3 Å². The van der Waals surface area contributed by atoms with Crippen LogP contribution in [0, 0.1) is 5.92 Å². The van der Waals surface area contributed by atoms with Crippen molar-refractivity contribution in [2.24, 2.45) is 5.92 Å². The Kier molecular flexibility index (Phi) is 5.48. The minimum absolute atomic E-state index is 0.0991. The Morgan fingerprint density at radius 3 is 2.47 bits per heavy atom. The van der Waals surface area contributed by atoms with Crippen LogP contribution in [-0.2, 0) is 4.79 Å². The van der Waals surface area contributed by atoms with E-state index < -0.39 is 6.04 Å². The second kappa shape index (κ2) is 6.87. The van der Waals surface area contributed by atoms with Gasteiger partial charge in [0.25, 0.3) is 5.91 Å². The van der Waals surface area contributed by atoms with Crippen LogP contribution in [-0.4, -0.2) is 41.8 Å². The summed E-state index contributed by atoms with van der Waals surface area (Å²) < 4.78 is 0. The van der Waals surface area contributed by atoms with Crippen molar-refractivity contribution in [2.45, 2.75) is 26.3 Å². The maximum Gasteiger partial charge on any atom is 0.270 e. The molecule has 2 amide bonds. The molecule has 1 heterocycles. The third-order valence-electron chi connectivity index (χ3n) is 2.65. The molecule has 0 aliphatic heterocycles. The number of carbonyl (C=O) groups excluding carboxylic acids is 2. The van der Waals surface area contributed by atoms with Crippen molar-refractivity contribution in [3.8, 4) is 0 Å². The van der Waals surface area contributed by atoms with Gasteiger partial charge in [0.05, 0.1) is 0 Å². The lowest BCUT2D eigenvalue weighted by Gasteiger charge is -2.23. The summed E-state index contributed by atoms with van der Waals surface area (Å²) >= 11 is 0. The van der Waals surface area contributed by atoms with Gasteiger partial charge in [-0.1, -0.05) is 19.9 Å². The Morgan fingerprint density at radius 2 is 2.00 bits per heavy atom. The molecule has 0 fully saturated rings. The van der Waals surface area contributed by atoms with Crippen LogP contribution < -0.4 is 5.32 Å². The van der Waals surface area contributed by atoms with Gasteiger partial charge in [0.15, 0.2) is 0 Å². The number of amides is 2. The number of nitrogens with zero attached hydrogens (tertiary/aromatic N) is 2. The quantitative estimate of drug-likeness (QED) is 0.871. The molecule has 0 saturated carbocycles. The van der Waals surface area contributed by atoms with E-state index in [0.717, 1.165) is 0 Å². The maximum atomic E-state index is 12.0. The molecule has 1 unspecified atom stereocenters. The zero-order valence-corrected chi connectivity index (χ0v) is 11.9. The molecule has 5 heteroatoms. The number of hydrogen-bond acceptors (Lipinski definition) is 3. The van der Waals surface area contributed by atoms with E-state index in [0.29, 0.717) is 18.0 Å². The van der Waals surface area contributed by atoms with Crippen LogP contribution in [0.25, 0.3) is 0 Å². The first-order valence-electron chi connectivity index (χ1n) is 6.35. The molecule has 19 heavy (non-hydrogen) atoms. The Balaban J connectivity index is 2.77. The molecule has 0 aromatic carbocycles. The van der Waals surface area contributed by atoms with E-state index >= 15 is 0 Å². The number of hydrogen-bond donors (Lipinski definition) is 1. The molecule has 1 aromatic rings. The van der Waals surface area contributed by atoms with E-state index in [2.05, 4.69) is 10.3 Å². The van der Waals surface area contributed by atoms with Gasteiger partial charge >= 0.3 is 0 Å². The van der Waals surface area contributed by atoms with Crippen molar-refractivity contribution < 1.29 is 9.59 Å². The van der Waals surface area contributed by atoms with Gasteiger partial charge in [-0.05, 0) is 24.5 Å². The summed E-state index contributed by atoms with van der Waals surface area (Å²) in [5.74, 6) is -0.0997. The molecule has 0 bridgehead atoms. The van der Waals surface area contributed by atoms with E-state index in [1.54, 1.807) is 38.5 Å². The highest BCUT2D eigenvalue weighted by atomic mass is 16.2. The van der Waals surface area contributed by atoms with E-state index in [4.69, 9.17) is 0 Å². The first-order valence-corrected chi connectivity index (χ1v) is 6.35. The van der Waals surface area contributed by atoms with Crippen LogP contribution in [0.4, 0.5) is 0 Å². The van der Waals surface area contributed by atoms with Gasteiger partial charge < -0.3 is 10.2 Å². The fourth-order valence-electron chi connectivity index (χ4n) is 1.73. The molecule has 0 saturated heterocycles. The van der Waals surface area contributed by atoms with Crippen LogP contribution in [0.3, 0.4) is 0 Å². The Labute approximate surface area is 114 Å². The third-order valence-corrected chi connectivity index (χ3v) is 2.65. The highest BCUT2D eigenvalue weighted by Crippen LogP contribution is 2.08. The van der Waals surface area contributed by atoms with Crippen molar-refractivity contribution in [3.63, 3.8) is 0 Å². The molecule has 0 spiro atoms.